The van der Waals surface area contributed by atoms with E-state index in [0.717, 1.165) is 12.4 Å². The monoisotopic (exact) mass is 1000 g/mol. The molecule has 0 bridgehead atoms. The third-order valence-electron chi connectivity index (χ3n) is 10.1. The van der Waals surface area contributed by atoms with Crippen LogP contribution in [0.15, 0.2) is 23.6 Å². The van der Waals surface area contributed by atoms with Crippen molar-refractivity contribution >= 4 is 47.2 Å². The predicted molar refractivity (Wildman–Crippen MR) is 270 cm³/mol. The van der Waals surface area contributed by atoms with E-state index < -0.39 is 210 Å². The lowest BCUT2D eigenvalue weighted by Crippen LogP contribution is -2.36. The Balaban J connectivity index is 0.000000337. The molecule has 3 saturated carbocycles. The highest BCUT2D eigenvalue weighted by Gasteiger charge is 2.30. The number of primary amides is 3. The van der Waals surface area contributed by atoms with Crippen LogP contribution >= 0.6 is 0 Å². The maximum atomic E-state index is 12.0. The first kappa shape index (κ1) is 23.0. The first-order valence-corrected chi connectivity index (χ1v) is 20.6. The fourth-order valence-electron chi connectivity index (χ4n) is 6.53. The van der Waals surface area contributed by atoms with Crippen molar-refractivity contribution in [2.45, 2.75) is 193 Å². The van der Waals surface area contributed by atoms with Gasteiger partial charge in [0.1, 0.15) is 17.1 Å². The van der Waals surface area contributed by atoms with E-state index in [-0.39, 0.29) is 62.7 Å². The van der Waals surface area contributed by atoms with Gasteiger partial charge < -0.3 is 64.1 Å². The number of hydrogen-bond donors (Lipinski definition) is 12. The molecule has 6 rings (SSSR count). The van der Waals surface area contributed by atoms with Crippen molar-refractivity contribution in [3.63, 3.8) is 0 Å². The van der Waals surface area contributed by atoms with Gasteiger partial charge in [0.05, 0.1) is 47.8 Å². The highest BCUT2D eigenvalue weighted by molar-refractivity contribution is 5.98. The summed E-state index contributed by atoms with van der Waals surface area (Å²) in [6.07, 6.45) is -7.39. The van der Waals surface area contributed by atoms with Gasteiger partial charge in [-0.25, -0.2) is 15.0 Å². The van der Waals surface area contributed by atoms with E-state index in [4.69, 9.17) is 67.9 Å². The summed E-state index contributed by atoms with van der Waals surface area (Å²) in [6.45, 7) is -32.4. The van der Waals surface area contributed by atoms with Gasteiger partial charge in [0, 0.05) is 91.1 Å². The van der Waals surface area contributed by atoms with Crippen molar-refractivity contribution < 1.29 is 80.4 Å². The van der Waals surface area contributed by atoms with Gasteiger partial charge in [0.25, 0.3) is 17.7 Å². The molecule has 9 unspecified atom stereocenters. The highest BCUT2D eigenvalue weighted by atomic mass is 16.3. The average molecular weight is 1000 g/mol. The average Bonchev–Trinajstić information content (AvgIpc) is 0.730. The Labute approximate surface area is 459 Å². The Morgan fingerprint density at radius 2 is 1.20 bits per heavy atom. The number of aromatic amines is 1. The lowest BCUT2D eigenvalue weighted by Gasteiger charge is -2.32. The van der Waals surface area contributed by atoms with Gasteiger partial charge in [-0.3, -0.25) is 19.4 Å². The van der Waals surface area contributed by atoms with Crippen molar-refractivity contribution in [2.75, 3.05) is 26.6 Å². The molecule has 0 aromatic carbocycles. The van der Waals surface area contributed by atoms with Crippen LogP contribution in [0, 0.1) is 17.7 Å². The summed E-state index contributed by atoms with van der Waals surface area (Å²) in [5.74, 6) is -10.9. The van der Waals surface area contributed by atoms with Crippen LogP contribution in [0.3, 0.4) is 0 Å². The van der Waals surface area contributed by atoms with Gasteiger partial charge in [-0.1, -0.05) is 20.7 Å². The molecule has 21 nitrogen and oxygen atoms in total. The third-order valence-corrected chi connectivity index (χ3v) is 10.1. The highest BCUT2D eigenvalue weighted by Crippen LogP contribution is 2.30. The molecular weight excluding hydrogens is 883 g/mol. The summed E-state index contributed by atoms with van der Waals surface area (Å²) in [6, 6.07) is -3.50. The molecule has 3 aliphatic carbocycles. The number of nitrogens with one attached hydrogen (secondary N) is 6. The SMILES string of the molecule is [2H]C([2H])([2H])C(Nc1ncc(C(N)=O)c(NC2CCC([2H])(C)C([2H])(O)C2)n1)(C([2H])([2H])[2H])C([2H])([2H])[2H].[2H]C1(Nc2nc(NC(C([2H])([2H])[2H])(C([2H])([2H])[2H])C([2H])([2H])[2H])ncc2C(N)=O)CCC(C([2H])([2H])[2H])C([2H])(O)C1.[2H]c1nc(NC(C([2H])([2H])[2H])(C([2H])([2H])[2H])C([2H])([2H])[2H])[nH]c(=NC2CCC([2H])(C)C([2H])(O)C2)c1C(N)=O. The van der Waals surface area contributed by atoms with E-state index in [2.05, 4.69) is 45.5 Å². The van der Waals surface area contributed by atoms with Crippen LogP contribution in [-0.2, 0) is 0 Å². The molecule has 3 amide bonds. The number of nitrogens with zero attached hydrogens (tertiary/aromatic N) is 6. The second-order valence-electron chi connectivity index (χ2n) is 16.1. The van der Waals surface area contributed by atoms with Gasteiger partial charge in [0.15, 0.2) is 0 Å². The summed E-state index contributed by atoms with van der Waals surface area (Å²) in [7, 11) is 0. The maximum absolute atomic E-state index is 12.0. The number of H-pyrrole nitrogens is 1. The van der Waals surface area contributed by atoms with Crippen molar-refractivity contribution in [1.82, 2.24) is 29.9 Å². The minimum absolute atomic E-state index is 0.0528. The molecule has 3 aromatic heterocycles. The smallest absolute Gasteiger partial charge is 0.254 e. The largest absolute Gasteiger partial charge is 0.393 e. The number of aliphatic hydroxyl groups is 3. The quantitative estimate of drug-likeness (QED) is 0.124. The first-order valence-electron chi connectivity index (χ1n) is 39.1. The molecule has 3 aliphatic rings. The number of carbonyl (C=O) groups is 3. The van der Waals surface area contributed by atoms with E-state index in [0.29, 0.717) is 0 Å². The predicted octanol–water partition coefficient (Wildman–Crippen LogP) is 4.66. The number of carbonyl (C=O) groups excluding carboxylic acids is 3. The zero-order valence-electron chi connectivity index (χ0n) is 74.2. The molecule has 3 heterocycles. The summed E-state index contributed by atoms with van der Waals surface area (Å²) < 4.78 is 287. The Bertz CT molecular complexity index is 3630. The van der Waals surface area contributed by atoms with Gasteiger partial charge in [0.2, 0.25) is 17.8 Å². The van der Waals surface area contributed by atoms with Crippen molar-refractivity contribution in [2.24, 2.45) is 39.9 Å². The fraction of sp³-hybridized carbons (Fsp3) is 0.688. The van der Waals surface area contributed by atoms with Crippen LogP contribution < -0.4 is 49.3 Å². The van der Waals surface area contributed by atoms with Gasteiger partial charge in [-0.15, -0.1) is 0 Å². The normalized spacial score (nSPS) is 41.5. The molecule has 0 radical (unpaired) electrons. The van der Waals surface area contributed by atoms with Crippen LogP contribution in [0.1, 0.15) is 222 Å². The van der Waals surface area contributed by atoms with Gasteiger partial charge in [-0.2, -0.15) is 9.97 Å². The second kappa shape index (κ2) is 23.8. The third kappa shape index (κ3) is 18.3. The zero-order valence-corrected chi connectivity index (χ0v) is 37.2. The summed E-state index contributed by atoms with van der Waals surface area (Å²) in [4.78, 5) is 61.0. The van der Waals surface area contributed by atoms with Crippen molar-refractivity contribution in [3.05, 3.63) is 40.7 Å². The van der Waals surface area contributed by atoms with Gasteiger partial charge in [-0.05, 0) is 137 Å². The van der Waals surface area contributed by atoms with Crippen LogP contribution in [0.5, 0.6) is 0 Å². The molecule has 15 N–H and O–H groups in total. The lowest BCUT2D eigenvalue weighted by molar-refractivity contribution is 0.0704. The molecule has 3 aromatic rings. The minimum atomic E-state index is -3.64. The van der Waals surface area contributed by atoms with Crippen LogP contribution in [-0.4, -0.2) is 116 Å². The van der Waals surface area contributed by atoms with Gasteiger partial charge >= 0.3 is 0 Å². The Morgan fingerprint density at radius 1 is 0.681 bits per heavy atom. The maximum Gasteiger partial charge on any atom is 0.254 e. The number of hydrogen-bond acceptors (Lipinski definition) is 17. The topological polar surface area (TPSA) is 343 Å². The van der Waals surface area contributed by atoms with Crippen LogP contribution in [0.25, 0.3) is 0 Å². The zero-order chi connectivity index (χ0) is 83.0. The Morgan fingerprint density at radius 3 is 1.70 bits per heavy atom. The molecule has 3 fully saturated rings. The number of nitrogens with two attached hydrogens (primary N) is 3. The number of amides is 3. The number of aromatic nitrogens is 6. The van der Waals surface area contributed by atoms with Crippen molar-refractivity contribution in [3.8, 4) is 0 Å². The molecule has 384 valence electrons. The van der Waals surface area contributed by atoms with E-state index in [1.54, 1.807) is 0 Å². The first-order chi connectivity index (χ1) is 46.8. The Hall–Kier alpha value is -5.67. The molecule has 0 spiro atoms. The lowest BCUT2D eigenvalue weighted by atomic mass is 9.85. The Kier molecular flexibility index (Phi) is 7.94. The fourth-order valence-corrected chi connectivity index (χ4v) is 6.53. The molecule has 9 atom stereocenters. The van der Waals surface area contributed by atoms with Crippen LogP contribution in [0.4, 0.5) is 29.5 Å². The molecule has 0 saturated heterocycles. The molecule has 21 heteroatoms. The van der Waals surface area contributed by atoms with Crippen LogP contribution in [0.2, 0.25) is 0 Å². The number of anilines is 5. The number of rotatable bonds is 11. The molecular formula is C48H81N15O6. The second-order valence-corrected chi connectivity index (χ2v) is 16.1. The van der Waals surface area contributed by atoms with Crippen molar-refractivity contribution in [1.29, 1.82) is 0 Å². The minimum Gasteiger partial charge on any atom is -0.393 e. The summed E-state index contributed by atoms with van der Waals surface area (Å²) in [5.41, 5.74) is 3.69. The molecule has 0 aliphatic heterocycles. The standard InChI is InChI=1S/3C16H27N5O2/c3*1-9-5-6-10(7-12(9)22)19-14-11(13(17)23)8-18-15(20-14)21-16(2,3)4/h3*8-10,12,22H,5-7H2,1-4H3,(H2,17,23)(H2,18,19,20,21)/i2D3,3D3,4D3,8D,9D,12D;1D3,2D3,3D3,4D3,10D,12D;2D3,3D3,4D3,9D,12D. The van der Waals surface area contributed by atoms with E-state index in [1.165, 1.54) is 13.8 Å². The van der Waals surface area contributed by atoms with E-state index >= 15 is 0 Å². The van der Waals surface area contributed by atoms with E-state index in [9.17, 15) is 29.7 Å². The molecule has 69 heavy (non-hydrogen) atoms. The van der Waals surface area contributed by atoms with E-state index in [1.807, 2.05) is 16.0 Å². The summed E-state index contributed by atoms with van der Waals surface area (Å²) in [5, 5.41) is 42.1. The summed E-state index contributed by atoms with van der Waals surface area (Å²) >= 11 is 0.